The highest BCUT2D eigenvalue weighted by molar-refractivity contribution is 7.98. The molecule has 0 bridgehead atoms. The summed E-state index contributed by atoms with van der Waals surface area (Å²) >= 11 is 1.82. The molecule has 1 aromatic carbocycles. The van der Waals surface area contributed by atoms with Gasteiger partial charge >= 0.3 is 0 Å². The molecule has 0 amide bonds. The number of thioether (sulfide) groups is 1. The fourth-order valence-corrected chi connectivity index (χ4v) is 4.85. The Bertz CT molecular complexity index is 469. The molecule has 0 aliphatic carbocycles. The standard InChI is InChI=1S/C20H32N2S/c1-16-12-17(2)14-22(13-16)19-8-10-21(11-9-19)15-18-4-6-20(23-3)7-5-18/h4-7,16-17,19H,8-15H2,1-3H3. The van der Waals surface area contributed by atoms with E-state index in [1.54, 1.807) is 0 Å². The molecule has 0 aromatic heterocycles. The summed E-state index contributed by atoms with van der Waals surface area (Å²) in [5.74, 6) is 1.76. The zero-order valence-corrected chi connectivity index (χ0v) is 15.8. The van der Waals surface area contributed by atoms with Crippen LogP contribution in [0.4, 0.5) is 0 Å². The van der Waals surface area contributed by atoms with Gasteiger partial charge in [0.05, 0.1) is 0 Å². The molecule has 2 saturated heterocycles. The lowest BCUT2D eigenvalue weighted by atomic mass is 9.89. The van der Waals surface area contributed by atoms with Crippen LogP contribution in [0.1, 0.15) is 38.7 Å². The Labute approximate surface area is 146 Å². The van der Waals surface area contributed by atoms with Gasteiger partial charge in [-0.2, -0.15) is 0 Å². The van der Waals surface area contributed by atoms with Crippen LogP contribution in [0.15, 0.2) is 29.2 Å². The van der Waals surface area contributed by atoms with Crippen LogP contribution in [0.5, 0.6) is 0 Å². The van der Waals surface area contributed by atoms with E-state index in [1.165, 1.54) is 55.9 Å². The second-order valence-corrected chi connectivity index (χ2v) is 8.63. The van der Waals surface area contributed by atoms with E-state index in [2.05, 4.69) is 54.2 Å². The van der Waals surface area contributed by atoms with Crippen LogP contribution in [-0.4, -0.2) is 48.3 Å². The lowest BCUT2D eigenvalue weighted by molar-refractivity contribution is 0.0530. The average molecular weight is 333 g/mol. The lowest BCUT2D eigenvalue weighted by Crippen LogP contribution is -2.49. The number of nitrogens with zero attached hydrogens (tertiary/aromatic N) is 2. The van der Waals surface area contributed by atoms with E-state index in [9.17, 15) is 0 Å². The molecule has 2 unspecified atom stereocenters. The van der Waals surface area contributed by atoms with Crippen LogP contribution in [-0.2, 0) is 6.54 Å². The summed E-state index contributed by atoms with van der Waals surface area (Å²) in [6.07, 6.45) is 6.26. The van der Waals surface area contributed by atoms with Crippen LogP contribution in [0.2, 0.25) is 0 Å². The Morgan fingerprint density at radius 3 is 2.17 bits per heavy atom. The van der Waals surface area contributed by atoms with Crippen LogP contribution >= 0.6 is 11.8 Å². The van der Waals surface area contributed by atoms with Crippen molar-refractivity contribution >= 4 is 11.8 Å². The third-order valence-corrected chi connectivity index (χ3v) is 6.28. The molecule has 0 radical (unpaired) electrons. The van der Waals surface area contributed by atoms with Gasteiger partial charge in [-0.1, -0.05) is 26.0 Å². The summed E-state index contributed by atoms with van der Waals surface area (Å²) in [5, 5.41) is 0. The van der Waals surface area contributed by atoms with Crippen molar-refractivity contribution in [1.82, 2.24) is 9.80 Å². The third-order valence-electron chi connectivity index (χ3n) is 5.54. The maximum absolute atomic E-state index is 2.80. The maximum Gasteiger partial charge on any atom is 0.0233 e. The number of likely N-dealkylation sites (tertiary alicyclic amines) is 2. The summed E-state index contributed by atoms with van der Waals surface area (Å²) in [6.45, 7) is 11.1. The number of piperidine rings is 2. The van der Waals surface area contributed by atoms with E-state index in [1.807, 2.05) is 11.8 Å². The van der Waals surface area contributed by atoms with E-state index in [0.717, 1.165) is 24.4 Å². The highest BCUT2D eigenvalue weighted by Crippen LogP contribution is 2.27. The van der Waals surface area contributed by atoms with Crippen LogP contribution in [0.3, 0.4) is 0 Å². The maximum atomic E-state index is 2.80. The zero-order chi connectivity index (χ0) is 16.2. The summed E-state index contributed by atoms with van der Waals surface area (Å²) in [4.78, 5) is 6.80. The van der Waals surface area contributed by atoms with Gasteiger partial charge in [0.2, 0.25) is 0 Å². The molecule has 1 aromatic rings. The van der Waals surface area contributed by atoms with Crippen molar-refractivity contribution < 1.29 is 0 Å². The molecule has 2 atom stereocenters. The van der Waals surface area contributed by atoms with Crippen molar-refractivity contribution in [3.05, 3.63) is 29.8 Å². The molecule has 0 saturated carbocycles. The summed E-state index contributed by atoms with van der Waals surface area (Å²) in [6, 6.07) is 9.93. The Kier molecular flexibility index (Phi) is 6.06. The molecule has 3 heteroatoms. The molecule has 2 aliphatic heterocycles. The fraction of sp³-hybridized carbons (Fsp3) is 0.700. The smallest absolute Gasteiger partial charge is 0.0233 e. The number of hydrogen-bond donors (Lipinski definition) is 0. The van der Waals surface area contributed by atoms with Gasteiger partial charge in [0.25, 0.3) is 0 Å². The topological polar surface area (TPSA) is 6.48 Å². The minimum Gasteiger partial charge on any atom is -0.300 e. The molecule has 2 nitrogen and oxygen atoms in total. The SMILES string of the molecule is CSc1ccc(CN2CCC(N3CC(C)CC(C)C3)CC2)cc1. The van der Waals surface area contributed by atoms with E-state index in [-0.39, 0.29) is 0 Å². The summed E-state index contributed by atoms with van der Waals surface area (Å²) in [7, 11) is 0. The number of hydrogen-bond acceptors (Lipinski definition) is 3. The van der Waals surface area contributed by atoms with Crippen molar-refractivity contribution in [1.29, 1.82) is 0 Å². The van der Waals surface area contributed by atoms with E-state index >= 15 is 0 Å². The Morgan fingerprint density at radius 1 is 1.00 bits per heavy atom. The molecule has 0 N–H and O–H groups in total. The molecule has 128 valence electrons. The quantitative estimate of drug-likeness (QED) is 0.757. The van der Waals surface area contributed by atoms with Gasteiger partial charge in [-0.15, -0.1) is 11.8 Å². The molecule has 23 heavy (non-hydrogen) atoms. The zero-order valence-electron chi connectivity index (χ0n) is 15.0. The van der Waals surface area contributed by atoms with Crippen molar-refractivity contribution in [2.45, 2.75) is 50.6 Å². The van der Waals surface area contributed by atoms with Gasteiger partial charge in [-0.25, -0.2) is 0 Å². The number of benzene rings is 1. The van der Waals surface area contributed by atoms with Crippen molar-refractivity contribution in [3.63, 3.8) is 0 Å². The highest BCUT2D eigenvalue weighted by atomic mass is 32.2. The largest absolute Gasteiger partial charge is 0.300 e. The molecular weight excluding hydrogens is 300 g/mol. The molecule has 2 heterocycles. The van der Waals surface area contributed by atoms with Crippen molar-refractivity contribution in [2.24, 2.45) is 11.8 Å². The first kappa shape index (κ1) is 17.3. The second kappa shape index (κ2) is 8.04. The van der Waals surface area contributed by atoms with Crippen LogP contribution in [0, 0.1) is 11.8 Å². The molecule has 0 spiro atoms. The van der Waals surface area contributed by atoms with E-state index < -0.39 is 0 Å². The fourth-order valence-electron chi connectivity index (χ4n) is 4.44. The van der Waals surface area contributed by atoms with Crippen molar-refractivity contribution in [2.75, 3.05) is 32.4 Å². The second-order valence-electron chi connectivity index (χ2n) is 7.76. The first-order valence-corrected chi connectivity index (χ1v) is 10.5. The monoisotopic (exact) mass is 332 g/mol. The van der Waals surface area contributed by atoms with Gasteiger partial charge in [0.15, 0.2) is 0 Å². The minimum absolute atomic E-state index is 0.829. The molecule has 2 fully saturated rings. The van der Waals surface area contributed by atoms with Gasteiger partial charge < -0.3 is 0 Å². The van der Waals surface area contributed by atoms with Gasteiger partial charge in [0, 0.05) is 30.6 Å². The van der Waals surface area contributed by atoms with Gasteiger partial charge in [-0.3, -0.25) is 9.80 Å². The van der Waals surface area contributed by atoms with E-state index in [4.69, 9.17) is 0 Å². The van der Waals surface area contributed by atoms with Gasteiger partial charge in [0.1, 0.15) is 0 Å². The predicted octanol–water partition coefficient (Wildman–Crippen LogP) is 4.35. The first-order chi connectivity index (χ1) is 11.1. The average Bonchev–Trinajstić information content (AvgIpc) is 2.55. The highest BCUT2D eigenvalue weighted by Gasteiger charge is 2.29. The Hall–Kier alpha value is -0.510. The summed E-state index contributed by atoms with van der Waals surface area (Å²) in [5.41, 5.74) is 1.46. The van der Waals surface area contributed by atoms with Crippen LogP contribution < -0.4 is 0 Å². The first-order valence-electron chi connectivity index (χ1n) is 9.23. The molecule has 2 aliphatic rings. The lowest BCUT2D eigenvalue weighted by Gasteiger charge is -2.43. The Morgan fingerprint density at radius 2 is 1.61 bits per heavy atom. The number of rotatable bonds is 4. The van der Waals surface area contributed by atoms with Crippen molar-refractivity contribution in [3.8, 4) is 0 Å². The molecular formula is C20H32N2S. The molecule has 3 rings (SSSR count). The van der Waals surface area contributed by atoms with Crippen LogP contribution in [0.25, 0.3) is 0 Å². The summed E-state index contributed by atoms with van der Waals surface area (Å²) < 4.78 is 0. The van der Waals surface area contributed by atoms with Gasteiger partial charge in [-0.05, 0) is 68.1 Å². The predicted molar refractivity (Wildman–Crippen MR) is 101 cm³/mol. The van der Waals surface area contributed by atoms with E-state index in [0.29, 0.717) is 0 Å². The minimum atomic E-state index is 0.829. The normalized spacial score (nSPS) is 28.1. The third kappa shape index (κ3) is 4.74. The Balaban J connectivity index is 1.48.